The van der Waals surface area contributed by atoms with Crippen molar-refractivity contribution in [3.8, 4) is 11.5 Å². The fourth-order valence-corrected chi connectivity index (χ4v) is 2.68. The first-order chi connectivity index (χ1) is 12.3. The van der Waals surface area contributed by atoms with Crippen LogP contribution >= 0.6 is 0 Å². The van der Waals surface area contributed by atoms with Gasteiger partial charge in [-0.2, -0.15) is 0 Å². The predicted molar refractivity (Wildman–Crippen MR) is 102 cm³/mol. The molecule has 0 bridgehead atoms. The van der Waals surface area contributed by atoms with Gasteiger partial charge in [0.05, 0.1) is 13.4 Å². The van der Waals surface area contributed by atoms with Gasteiger partial charge < -0.3 is 14.8 Å². The number of ether oxygens (including phenoxy) is 2. The number of anilines is 2. The van der Waals surface area contributed by atoms with Crippen LogP contribution in [0.3, 0.4) is 0 Å². The number of carbonyl (C=O) groups is 1. The molecule has 0 aliphatic carbocycles. The monoisotopic (exact) mass is 376 g/mol. The molecular weight excluding hydrogens is 356 g/mol. The zero-order chi connectivity index (χ0) is 19.2. The maximum absolute atomic E-state index is 12.4. The average molecular weight is 376 g/mol. The van der Waals surface area contributed by atoms with Crippen LogP contribution in [0.2, 0.25) is 0 Å². The van der Waals surface area contributed by atoms with E-state index < -0.39 is 10.0 Å². The molecule has 0 aliphatic rings. The second kappa shape index (κ2) is 8.39. The van der Waals surface area contributed by atoms with E-state index in [0.29, 0.717) is 35.0 Å². The number of amides is 1. The third-order valence-electron chi connectivity index (χ3n) is 3.23. The Labute approximate surface area is 152 Å². The van der Waals surface area contributed by atoms with Crippen LogP contribution in [0.5, 0.6) is 11.5 Å². The van der Waals surface area contributed by atoms with Crippen molar-refractivity contribution in [1.82, 2.24) is 0 Å². The van der Waals surface area contributed by atoms with E-state index in [1.54, 1.807) is 48.5 Å². The summed E-state index contributed by atoms with van der Waals surface area (Å²) in [6.45, 7) is 3.91. The van der Waals surface area contributed by atoms with E-state index in [1.165, 1.54) is 7.11 Å². The Kier molecular flexibility index (Phi) is 6.24. The number of rotatable bonds is 8. The third kappa shape index (κ3) is 5.52. The molecule has 0 fully saturated rings. The highest BCUT2D eigenvalue weighted by Gasteiger charge is 2.11. The molecule has 7 nitrogen and oxygen atoms in total. The van der Waals surface area contributed by atoms with Gasteiger partial charge in [0.25, 0.3) is 5.91 Å². The summed E-state index contributed by atoms with van der Waals surface area (Å²) in [5.41, 5.74) is 1.34. The van der Waals surface area contributed by atoms with Crippen molar-refractivity contribution in [2.45, 2.75) is 0 Å². The zero-order valence-electron chi connectivity index (χ0n) is 14.5. The largest absolute Gasteiger partial charge is 0.493 e. The van der Waals surface area contributed by atoms with Crippen LogP contribution in [-0.4, -0.2) is 34.3 Å². The smallest absolute Gasteiger partial charge is 0.255 e. The van der Waals surface area contributed by atoms with E-state index >= 15 is 0 Å². The van der Waals surface area contributed by atoms with Crippen molar-refractivity contribution in [2.75, 3.05) is 30.0 Å². The molecule has 0 saturated carbocycles. The molecule has 2 aromatic carbocycles. The first kappa shape index (κ1) is 19.3. The van der Waals surface area contributed by atoms with Gasteiger partial charge in [-0.25, -0.2) is 8.42 Å². The van der Waals surface area contributed by atoms with Gasteiger partial charge in [-0.3, -0.25) is 9.52 Å². The molecule has 26 heavy (non-hydrogen) atoms. The lowest BCUT2D eigenvalue weighted by molar-refractivity contribution is 0.102. The number of methoxy groups -OCH3 is 1. The Morgan fingerprint density at radius 2 is 1.77 bits per heavy atom. The number of hydrogen-bond acceptors (Lipinski definition) is 5. The number of carbonyl (C=O) groups excluding carboxylic acids is 1. The summed E-state index contributed by atoms with van der Waals surface area (Å²) in [4.78, 5) is 12.4. The van der Waals surface area contributed by atoms with Crippen LogP contribution in [-0.2, 0) is 10.0 Å². The minimum atomic E-state index is -3.34. The maximum Gasteiger partial charge on any atom is 0.255 e. The molecule has 0 aromatic heterocycles. The first-order valence-corrected chi connectivity index (χ1v) is 9.52. The van der Waals surface area contributed by atoms with Gasteiger partial charge in [-0.05, 0) is 42.5 Å². The van der Waals surface area contributed by atoms with Crippen molar-refractivity contribution >= 4 is 27.3 Å². The normalized spacial score (nSPS) is 10.7. The van der Waals surface area contributed by atoms with Gasteiger partial charge in [-0.15, -0.1) is 0 Å². The fourth-order valence-electron chi connectivity index (χ4n) is 2.12. The SMILES string of the molecule is C=CCOc1ccc(C(=O)Nc2ccc(NS(C)(=O)=O)cc2)cc1OC. The maximum atomic E-state index is 12.4. The lowest BCUT2D eigenvalue weighted by Gasteiger charge is -2.11. The highest BCUT2D eigenvalue weighted by atomic mass is 32.2. The van der Waals surface area contributed by atoms with Crippen LogP contribution in [0.1, 0.15) is 10.4 Å². The van der Waals surface area contributed by atoms with Crippen molar-refractivity contribution in [2.24, 2.45) is 0 Å². The van der Waals surface area contributed by atoms with Gasteiger partial charge in [0.2, 0.25) is 10.0 Å². The average Bonchev–Trinajstić information content (AvgIpc) is 2.60. The second-order valence-electron chi connectivity index (χ2n) is 5.37. The van der Waals surface area contributed by atoms with Gasteiger partial charge in [0.1, 0.15) is 6.61 Å². The van der Waals surface area contributed by atoms with Crippen molar-refractivity contribution in [3.05, 3.63) is 60.7 Å². The molecule has 0 aliphatic heterocycles. The Bertz CT molecular complexity index is 892. The topological polar surface area (TPSA) is 93.7 Å². The van der Waals surface area contributed by atoms with Crippen molar-refractivity contribution < 1.29 is 22.7 Å². The highest BCUT2D eigenvalue weighted by molar-refractivity contribution is 7.92. The number of benzene rings is 2. The number of sulfonamides is 1. The van der Waals surface area contributed by atoms with Crippen molar-refractivity contribution in [1.29, 1.82) is 0 Å². The van der Waals surface area contributed by atoms with E-state index in [2.05, 4.69) is 16.6 Å². The molecule has 2 rings (SSSR count). The van der Waals surface area contributed by atoms with E-state index in [9.17, 15) is 13.2 Å². The Morgan fingerprint density at radius 3 is 2.35 bits per heavy atom. The Morgan fingerprint density at radius 1 is 1.12 bits per heavy atom. The fraction of sp³-hybridized carbons (Fsp3) is 0.167. The molecule has 0 unspecified atom stereocenters. The number of hydrogen-bond donors (Lipinski definition) is 2. The van der Waals surface area contributed by atoms with E-state index in [4.69, 9.17) is 9.47 Å². The quantitative estimate of drug-likeness (QED) is 0.691. The second-order valence-corrected chi connectivity index (χ2v) is 7.12. The first-order valence-electron chi connectivity index (χ1n) is 7.63. The van der Waals surface area contributed by atoms with E-state index in [1.807, 2.05) is 0 Å². The standard InChI is InChI=1S/C18H20N2O5S/c1-4-11-25-16-10-5-13(12-17(16)24-2)18(21)19-14-6-8-15(9-7-14)20-26(3,22)23/h4-10,12,20H,1,11H2,2-3H3,(H,19,21). The van der Waals surface area contributed by atoms with Crippen LogP contribution in [0.25, 0.3) is 0 Å². The summed E-state index contributed by atoms with van der Waals surface area (Å²) >= 11 is 0. The molecule has 0 atom stereocenters. The number of nitrogens with one attached hydrogen (secondary N) is 2. The summed E-state index contributed by atoms with van der Waals surface area (Å²) in [6, 6.07) is 11.2. The summed E-state index contributed by atoms with van der Waals surface area (Å²) in [5, 5.41) is 2.73. The third-order valence-corrected chi connectivity index (χ3v) is 3.84. The predicted octanol–water partition coefficient (Wildman–Crippen LogP) is 2.88. The van der Waals surface area contributed by atoms with Crippen LogP contribution in [0.4, 0.5) is 11.4 Å². The molecule has 2 aromatic rings. The Balaban J connectivity index is 2.10. The summed E-state index contributed by atoms with van der Waals surface area (Å²) in [7, 11) is -1.85. The summed E-state index contributed by atoms with van der Waals surface area (Å²) in [6.07, 6.45) is 2.68. The van der Waals surface area contributed by atoms with Crippen molar-refractivity contribution in [3.63, 3.8) is 0 Å². The zero-order valence-corrected chi connectivity index (χ0v) is 15.3. The Hall–Kier alpha value is -3.00. The van der Waals surface area contributed by atoms with Gasteiger partial charge in [0.15, 0.2) is 11.5 Å². The van der Waals surface area contributed by atoms with Crippen LogP contribution < -0.4 is 19.5 Å². The minimum absolute atomic E-state index is 0.329. The molecular formula is C18H20N2O5S. The molecule has 0 spiro atoms. The van der Waals surface area contributed by atoms with Gasteiger partial charge in [-0.1, -0.05) is 12.7 Å². The summed E-state index contributed by atoms with van der Waals surface area (Å²) < 4.78 is 35.4. The lowest BCUT2D eigenvalue weighted by atomic mass is 10.1. The summed E-state index contributed by atoms with van der Waals surface area (Å²) in [5.74, 6) is 0.620. The molecule has 1 amide bonds. The van der Waals surface area contributed by atoms with Crippen LogP contribution in [0, 0.1) is 0 Å². The molecule has 0 radical (unpaired) electrons. The molecule has 8 heteroatoms. The van der Waals surface area contributed by atoms with Gasteiger partial charge in [0, 0.05) is 16.9 Å². The highest BCUT2D eigenvalue weighted by Crippen LogP contribution is 2.28. The molecule has 0 heterocycles. The molecule has 0 saturated heterocycles. The molecule has 138 valence electrons. The van der Waals surface area contributed by atoms with Crippen LogP contribution in [0.15, 0.2) is 55.1 Å². The molecule has 2 N–H and O–H groups in total. The van der Waals surface area contributed by atoms with Gasteiger partial charge >= 0.3 is 0 Å². The van der Waals surface area contributed by atoms with E-state index in [0.717, 1.165) is 6.26 Å². The minimum Gasteiger partial charge on any atom is -0.493 e. The lowest BCUT2D eigenvalue weighted by Crippen LogP contribution is -2.13. The van der Waals surface area contributed by atoms with E-state index in [-0.39, 0.29) is 5.91 Å².